The summed E-state index contributed by atoms with van der Waals surface area (Å²) in [6.45, 7) is 1.96. The van der Waals surface area contributed by atoms with E-state index in [-0.39, 0.29) is 5.91 Å². The fourth-order valence-corrected chi connectivity index (χ4v) is 2.14. The molecule has 0 aliphatic heterocycles. The molecule has 2 aromatic carbocycles. The molecule has 0 aliphatic rings. The first-order valence-electron chi connectivity index (χ1n) is 7.20. The second-order valence-electron chi connectivity index (χ2n) is 4.89. The summed E-state index contributed by atoms with van der Waals surface area (Å²) < 4.78 is 10.6. The van der Waals surface area contributed by atoms with Crippen molar-refractivity contribution in [2.24, 2.45) is 0 Å². The van der Waals surface area contributed by atoms with Gasteiger partial charge in [0.2, 0.25) is 5.91 Å². The number of carbonyl (C=O) groups excluding carboxylic acids is 1. The van der Waals surface area contributed by atoms with Crippen molar-refractivity contribution in [3.8, 4) is 11.5 Å². The van der Waals surface area contributed by atoms with E-state index < -0.39 is 0 Å². The maximum Gasteiger partial charge on any atom is 0.221 e. The number of rotatable bonds is 7. The first-order chi connectivity index (χ1) is 11.1. The van der Waals surface area contributed by atoms with Gasteiger partial charge in [0.15, 0.2) is 11.5 Å². The van der Waals surface area contributed by atoms with Gasteiger partial charge < -0.3 is 20.2 Å². The average Bonchev–Trinajstić information content (AvgIpc) is 2.56. The predicted molar refractivity (Wildman–Crippen MR) is 90.8 cm³/mol. The van der Waals surface area contributed by atoms with Crippen molar-refractivity contribution in [2.75, 3.05) is 25.0 Å². The van der Waals surface area contributed by atoms with E-state index in [1.54, 1.807) is 20.3 Å². The molecule has 122 valence electrons. The molecule has 0 aliphatic carbocycles. The predicted octanol–water partition coefficient (Wildman–Crippen LogP) is 2.78. The highest BCUT2D eigenvalue weighted by molar-refractivity contribution is 5.90. The van der Waals surface area contributed by atoms with Crippen LogP contribution < -0.4 is 25.6 Å². The number of para-hydroxylation sites is 1. The zero-order valence-electron chi connectivity index (χ0n) is 13.5. The fraction of sp³-hybridized carbons (Fsp3) is 0.235. The summed E-state index contributed by atoms with van der Waals surface area (Å²) in [4.78, 5) is 11.4. The van der Waals surface area contributed by atoms with Crippen LogP contribution in [0.2, 0.25) is 0 Å². The summed E-state index contributed by atoms with van der Waals surface area (Å²) in [5.74, 6) is 1.03. The Morgan fingerprint density at radius 2 is 1.70 bits per heavy atom. The van der Waals surface area contributed by atoms with Crippen LogP contribution in [0.5, 0.6) is 11.5 Å². The molecule has 6 heteroatoms. The monoisotopic (exact) mass is 315 g/mol. The highest BCUT2D eigenvalue weighted by Gasteiger charge is 2.12. The number of ether oxygens (including phenoxy) is 2. The molecule has 23 heavy (non-hydrogen) atoms. The van der Waals surface area contributed by atoms with Crippen LogP contribution in [0.1, 0.15) is 12.5 Å². The second kappa shape index (κ2) is 8.05. The maximum absolute atomic E-state index is 11.4. The van der Waals surface area contributed by atoms with E-state index in [4.69, 9.17) is 9.47 Å². The highest BCUT2D eigenvalue weighted by atomic mass is 16.5. The zero-order chi connectivity index (χ0) is 16.7. The molecule has 0 unspecified atom stereocenters. The van der Waals surface area contributed by atoms with Crippen LogP contribution in [-0.2, 0) is 11.3 Å². The number of benzene rings is 2. The van der Waals surface area contributed by atoms with Crippen molar-refractivity contribution in [3.63, 3.8) is 0 Å². The first-order valence-corrected chi connectivity index (χ1v) is 7.20. The maximum atomic E-state index is 11.4. The van der Waals surface area contributed by atoms with Crippen LogP contribution in [0.4, 0.5) is 11.4 Å². The Labute approximate surface area is 135 Å². The van der Waals surface area contributed by atoms with Crippen LogP contribution in [0.3, 0.4) is 0 Å². The van der Waals surface area contributed by atoms with Gasteiger partial charge in [0.25, 0.3) is 0 Å². The van der Waals surface area contributed by atoms with Crippen molar-refractivity contribution in [1.29, 1.82) is 0 Å². The summed E-state index contributed by atoms with van der Waals surface area (Å²) in [5, 5.41) is 2.81. The fourth-order valence-electron chi connectivity index (χ4n) is 2.14. The minimum absolute atomic E-state index is 0.144. The summed E-state index contributed by atoms with van der Waals surface area (Å²) in [7, 11) is 3.14. The third-order valence-corrected chi connectivity index (χ3v) is 3.21. The molecule has 2 rings (SSSR count). The van der Waals surface area contributed by atoms with Gasteiger partial charge in [-0.25, -0.2) is 5.43 Å². The zero-order valence-corrected chi connectivity index (χ0v) is 13.5. The van der Waals surface area contributed by atoms with E-state index in [2.05, 4.69) is 16.2 Å². The quantitative estimate of drug-likeness (QED) is 0.685. The van der Waals surface area contributed by atoms with Gasteiger partial charge in [0, 0.05) is 30.9 Å². The molecule has 0 spiro atoms. The summed E-state index contributed by atoms with van der Waals surface area (Å²) in [6.07, 6.45) is 0. The average molecular weight is 315 g/mol. The normalized spacial score (nSPS) is 10.0. The molecule has 6 nitrogen and oxygen atoms in total. The van der Waals surface area contributed by atoms with E-state index in [1.807, 2.05) is 36.4 Å². The van der Waals surface area contributed by atoms with E-state index >= 15 is 0 Å². The van der Waals surface area contributed by atoms with Crippen molar-refractivity contribution >= 4 is 17.3 Å². The van der Waals surface area contributed by atoms with Gasteiger partial charge in [-0.3, -0.25) is 4.79 Å². The Bertz CT molecular complexity index is 660. The number of methoxy groups -OCH3 is 2. The lowest BCUT2D eigenvalue weighted by molar-refractivity contribution is -0.114. The molecule has 0 saturated heterocycles. The van der Waals surface area contributed by atoms with Gasteiger partial charge in [0.05, 0.1) is 14.2 Å². The van der Waals surface area contributed by atoms with Crippen LogP contribution in [0.25, 0.3) is 0 Å². The molecule has 1 amide bonds. The molecule has 0 aromatic heterocycles. The van der Waals surface area contributed by atoms with Gasteiger partial charge >= 0.3 is 0 Å². The molecular formula is C17H21N3O3. The molecule has 0 bridgehead atoms. The number of hydrazine groups is 1. The van der Waals surface area contributed by atoms with Crippen molar-refractivity contribution in [3.05, 3.63) is 48.0 Å². The lowest BCUT2D eigenvalue weighted by Gasteiger charge is -2.16. The molecule has 0 saturated carbocycles. The Kier molecular flexibility index (Phi) is 5.82. The van der Waals surface area contributed by atoms with E-state index in [0.29, 0.717) is 23.7 Å². The topological polar surface area (TPSA) is 71.6 Å². The smallest absolute Gasteiger partial charge is 0.221 e. The number of hydrogen-bond acceptors (Lipinski definition) is 5. The van der Waals surface area contributed by atoms with Gasteiger partial charge in [-0.1, -0.05) is 18.2 Å². The van der Waals surface area contributed by atoms with Gasteiger partial charge in [-0.15, -0.1) is 0 Å². The summed E-state index contributed by atoms with van der Waals surface area (Å²) >= 11 is 0. The first kappa shape index (κ1) is 16.6. The van der Waals surface area contributed by atoms with Crippen LogP contribution in [0.15, 0.2) is 42.5 Å². The standard InChI is InChI=1S/C17H21N3O3/c1-12(21)19-15-10-17(23-3)16(22-2)9-13(15)11-18-20-14-7-5-4-6-8-14/h4-10,18,20H,11H2,1-3H3,(H,19,21). The minimum Gasteiger partial charge on any atom is -0.493 e. The number of amides is 1. The Balaban J connectivity index is 2.15. The highest BCUT2D eigenvalue weighted by Crippen LogP contribution is 2.33. The van der Waals surface area contributed by atoms with Crippen LogP contribution in [0, 0.1) is 0 Å². The number of carbonyl (C=O) groups is 1. The molecule has 0 fully saturated rings. The Hall–Kier alpha value is -2.73. The van der Waals surface area contributed by atoms with Crippen molar-refractivity contribution in [1.82, 2.24) is 5.43 Å². The molecule has 2 aromatic rings. The van der Waals surface area contributed by atoms with Crippen molar-refractivity contribution in [2.45, 2.75) is 13.5 Å². The summed E-state index contributed by atoms with van der Waals surface area (Å²) in [5.41, 5.74) is 8.73. The van der Waals surface area contributed by atoms with Crippen LogP contribution in [-0.4, -0.2) is 20.1 Å². The van der Waals surface area contributed by atoms with E-state index in [0.717, 1.165) is 11.3 Å². The minimum atomic E-state index is -0.144. The van der Waals surface area contributed by atoms with E-state index in [9.17, 15) is 4.79 Å². The Morgan fingerprint density at radius 3 is 2.30 bits per heavy atom. The number of anilines is 2. The molecule has 0 heterocycles. The third-order valence-electron chi connectivity index (χ3n) is 3.21. The second-order valence-corrected chi connectivity index (χ2v) is 4.89. The SMILES string of the molecule is COc1cc(CNNc2ccccc2)c(NC(C)=O)cc1OC. The molecule has 0 atom stereocenters. The molecular weight excluding hydrogens is 294 g/mol. The lowest BCUT2D eigenvalue weighted by Crippen LogP contribution is -2.22. The summed E-state index contributed by atoms with van der Waals surface area (Å²) in [6, 6.07) is 13.3. The molecule has 3 N–H and O–H groups in total. The van der Waals surface area contributed by atoms with Crippen LogP contribution >= 0.6 is 0 Å². The van der Waals surface area contributed by atoms with Gasteiger partial charge in [0.1, 0.15) is 0 Å². The Morgan fingerprint density at radius 1 is 1.04 bits per heavy atom. The lowest BCUT2D eigenvalue weighted by atomic mass is 10.1. The van der Waals surface area contributed by atoms with Gasteiger partial charge in [-0.05, 0) is 23.8 Å². The largest absolute Gasteiger partial charge is 0.493 e. The van der Waals surface area contributed by atoms with E-state index in [1.165, 1.54) is 6.92 Å². The third kappa shape index (κ3) is 4.62. The van der Waals surface area contributed by atoms with Crippen molar-refractivity contribution < 1.29 is 14.3 Å². The number of hydrogen-bond donors (Lipinski definition) is 3. The number of nitrogens with one attached hydrogen (secondary N) is 3. The molecule has 0 radical (unpaired) electrons. The van der Waals surface area contributed by atoms with Gasteiger partial charge in [-0.2, -0.15) is 0 Å².